The number of methoxy groups -OCH3 is 1. The second kappa shape index (κ2) is 6.06. The molecule has 0 spiro atoms. The van der Waals surface area contributed by atoms with E-state index in [1.54, 1.807) is 18.7 Å². The van der Waals surface area contributed by atoms with Gasteiger partial charge in [0.15, 0.2) is 12.0 Å². The molecule has 0 unspecified atom stereocenters. The van der Waals surface area contributed by atoms with E-state index < -0.39 is 0 Å². The fourth-order valence-corrected chi connectivity index (χ4v) is 1.73. The highest BCUT2D eigenvalue weighted by molar-refractivity contribution is 5.72. The molecular formula is C15H15NO4. The van der Waals surface area contributed by atoms with Crippen molar-refractivity contribution in [1.29, 1.82) is 0 Å². The molecule has 0 fully saturated rings. The summed E-state index contributed by atoms with van der Waals surface area (Å²) in [5, 5.41) is 0. The van der Waals surface area contributed by atoms with Crippen LogP contribution in [0.1, 0.15) is 16.1 Å². The fraction of sp³-hybridized carbons (Fsp3) is 0.200. The zero-order valence-corrected chi connectivity index (χ0v) is 11.3. The van der Waals surface area contributed by atoms with E-state index in [-0.39, 0.29) is 17.8 Å². The van der Waals surface area contributed by atoms with Crippen LogP contribution in [0, 0.1) is 0 Å². The van der Waals surface area contributed by atoms with Crippen molar-refractivity contribution >= 4 is 6.29 Å². The van der Waals surface area contributed by atoms with Crippen LogP contribution in [0.15, 0.2) is 41.3 Å². The molecule has 0 aliphatic rings. The predicted octanol–water partition coefficient (Wildman–Crippen LogP) is 1.79. The lowest BCUT2D eigenvalue weighted by atomic mass is 10.2. The highest BCUT2D eigenvalue weighted by atomic mass is 16.5. The second-order valence-corrected chi connectivity index (χ2v) is 4.29. The monoisotopic (exact) mass is 273 g/mol. The first-order valence-electron chi connectivity index (χ1n) is 6.05. The first-order valence-corrected chi connectivity index (χ1v) is 6.05. The van der Waals surface area contributed by atoms with E-state index in [0.717, 1.165) is 11.3 Å². The van der Waals surface area contributed by atoms with E-state index in [0.29, 0.717) is 12.0 Å². The molecule has 1 aromatic heterocycles. The lowest BCUT2D eigenvalue weighted by Crippen LogP contribution is -2.13. The van der Waals surface area contributed by atoms with Gasteiger partial charge < -0.3 is 14.0 Å². The fourth-order valence-electron chi connectivity index (χ4n) is 1.73. The summed E-state index contributed by atoms with van der Waals surface area (Å²) in [6, 6.07) is 8.64. The number of aldehydes is 1. The number of aryl methyl sites for hydroxylation is 1. The van der Waals surface area contributed by atoms with E-state index in [2.05, 4.69) is 0 Å². The molecule has 2 rings (SSSR count). The standard InChI is InChI=1S/C15H15NO4/c1-16-8-15(14(18)7-12(16)9-17)20-10-11-3-5-13(19-2)6-4-11/h3-9H,10H2,1-2H3. The largest absolute Gasteiger partial charge is 0.497 e. The van der Waals surface area contributed by atoms with Gasteiger partial charge in [-0.1, -0.05) is 12.1 Å². The van der Waals surface area contributed by atoms with Gasteiger partial charge in [0.2, 0.25) is 5.43 Å². The Balaban J connectivity index is 2.12. The quantitative estimate of drug-likeness (QED) is 0.779. The van der Waals surface area contributed by atoms with Crippen molar-refractivity contribution in [3.05, 3.63) is 58.0 Å². The van der Waals surface area contributed by atoms with Gasteiger partial charge >= 0.3 is 0 Å². The Morgan fingerprint density at radius 2 is 1.95 bits per heavy atom. The van der Waals surface area contributed by atoms with Crippen molar-refractivity contribution < 1.29 is 14.3 Å². The maximum Gasteiger partial charge on any atom is 0.224 e. The smallest absolute Gasteiger partial charge is 0.224 e. The van der Waals surface area contributed by atoms with Gasteiger partial charge in [0.05, 0.1) is 19.0 Å². The Kier molecular flexibility index (Phi) is 4.20. The molecule has 0 bridgehead atoms. The molecule has 5 nitrogen and oxygen atoms in total. The number of aromatic nitrogens is 1. The summed E-state index contributed by atoms with van der Waals surface area (Å²) in [5.74, 6) is 0.980. The topological polar surface area (TPSA) is 57.5 Å². The number of carbonyl (C=O) groups excluding carboxylic acids is 1. The lowest BCUT2D eigenvalue weighted by Gasteiger charge is -2.09. The van der Waals surface area contributed by atoms with Gasteiger partial charge in [-0.3, -0.25) is 9.59 Å². The van der Waals surface area contributed by atoms with Crippen molar-refractivity contribution in [1.82, 2.24) is 4.57 Å². The molecule has 0 N–H and O–H groups in total. The number of hydrogen-bond donors (Lipinski definition) is 0. The first kappa shape index (κ1) is 13.9. The highest BCUT2D eigenvalue weighted by Crippen LogP contribution is 2.13. The number of ether oxygens (including phenoxy) is 2. The molecule has 0 atom stereocenters. The average Bonchev–Trinajstić information content (AvgIpc) is 2.48. The minimum Gasteiger partial charge on any atom is -0.497 e. The third-order valence-electron chi connectivity index (χ3n) is 2.91. The van der Waals surface area contributed by atoms with Crippen molar-refractivity contribution in [3.8, 4) is 11.5 Å². The molecule has 0 aliphatic heterocycles. The van der Waals surface area contributed by atoms with Gasteiger partial charge in [-0.2, -0.15) is 0 Å². The van der Waals surface area contributed by atoms with Crippen molar-refractivity contribution in [2.45, 2.75) is 6.61 Å². The number of benzene rings is 1. The number of nitrogens with zero attached hydrogens (tertiary/aromatic N) is 1. The predicted molar refractivity (Wildman–Crippen MR) is 74.4 cm³/mol. The summed E-state index contributed by atoms with van der Waals surface area (Å²) in [4.78, 5) is 22.5. The maximum atomic E-state index is 11.8. The van der Waals surface area contributed by atoms with Crippen LogP contribution >= 0.6 is 0 Å². The molecule has 20 heavy (non-hydrogen) atoms. The number of hydrogen-bond acceptors (Lipinski definition) is 4. The van der Waals surface area contributed by atoms with Crippen molar-refractivity contribution in [2.24, 2.45) is 7.05 Å². The number of rotatable bonds is 5. The summed E-state index contributed by atoms with van der Waals surface area (Å²) >= 11 is 0. The Morgan fingerprint density at radius 1 is 1.25 bits per heavy atom. The molecule has 0 saturated heterocycles. The van der Waals surface area contributed by atoms with E-state index in [9.17, 15) is 9.59 Å². The summed E-state index contributed by atoms with van der Waals surface area (Å²) < 4.78 is 12.1. The molecule has 5 heteroatoms. The molecule has 0 radical (unpaired) electrons. The van der Waals surface area contributed by atoms with E-state index >= 15 is 0 Å². The first-order chi connectivity index (χ1) is 9.63. The van der Waals surface area contributed by atoms with Gasteiger partial charge in [0.25, 0.3) is 0 Å². The van der Waals surface area contributed by atoms with Crippen molar-refractivity contribution in [3.63, 3.8) is 0 Å². The minimum atomic E-state index is -0.307. The van der Waals surface area contributed by atoms with Crippen LogP contribution < -0.4 is 14.9 Å². The van der Waals surface area contributed by atoms with Gasteiger partial charge in [-0.05, 0) is 17.7 Å². The van der Waals surface area contributed by atoms with Gasteiger partial charge in [0.1, 0.15) is 12.4 Å². The molecule has 1 aromatic carbocycles. The summed E-state index contributed by atoms with van der Waals surface area (Å²) in [6.07, 6.45) is 2.14. The Morgan fingerprint density at radius 3 is 2.55 bits per heavy atom. The van der Waals surface area contributed by atoms with Crippen LogP contribution in [0.25, 0.3) is 0 Å². The Hall–Kier alpha value is -2.56. The molecule has 0 saturated carbocycles. The van der Waals surface area contributed by atoms with Crippen LogP contribution in [-0.4, -0.2) is 18.0 Å². The lowest BCUT2D eigenvalue weighted by molar-refractivity contribution is 0.111. The summed E-state index contributed by atoms with van der Waals surface area (Å²) in [7, 11) is 3.28. The maximum absolute atomic E-state index is 11.8. The van der Waals surface area contributed by atoms with Crippen molar-refractivity contribution in [2.75, 3.05) is 7.11 Å². The van der Waals surface area contributed by atoms with Gasteiger partial charge in [0, 0.05) is 13.1 Å². The second-order valence-electron chi connectivity index (χ2n) is 4.29. The van der Waals surface area contributed by atoms with E-state index in [1.807, 2.05) is 24.3 Å². The molecule has 2 aromatic rings. The highest BCUT2D eigenvalue weighted by Gasteiger charge is 2.05. The van der Waals surface area contributed by atoms with E-state index in [1.165, 1.54) is 12.3 Å². The normalized spacial score (nSPS) is 10.1. The molecule has 1 heterocycles. The molecule has 104 valence electrons. The average molecular weight is 273 g/mol. The third kappa shape index (κ3) is 3.06. The van der Waals surface area contributed by atoms with Crippen LogP contribution in [0.3, 0.4) is 0 Å². The number of pyridine rings is 1. The molecule has 0 amide bonds. The third-order valence-corrected chi connectivity index (χ3v) is 2.91. The number of carbonyl (C=O) groups is 1. The van der Waals surface area contributed by atoms with Crippen LogP contribution in [0.4, 0.5) is 0 Å². The van der Waals surface area contributed by atoms with Crippen LogP contribution in [0.2, 0.25) is 0 Å². The zero-order chi connectivity index (χ0) is 14.5. The van der Waals surface area contributed by atoms with Crippen LogP contribution in [0.5, 0.6) is 11.5 Å². The van der Waals surface area contributed by atoms with Crippen LogP contribution in [-0.2, 0) is 13.7 Å². The van der Waals surface area contributed by atoms with Gasteiger partial charge in [-0.25, -0.2) is 0 Å². The molecule has 0 aliphatic carbocycles. The zero-order valence-electron chi connectivity index (χ0n) is 11.3. The SMILES string of the molecule is COc1ccc(COc2cn(C)c(C=O)cc2=O)cc1. The minimum absolute atomic E-state index is 0.217. The summed E-state index contributed by atoms with van der Waals surface area (Å²) in [6.45, 7) is 0.277. The van der Waals surface area contributed by atoms with E-state index in [4.69, 9.17) is 9.47 Å². The van der Waals surface area contributed by atoms with Gasteiger partial charge in [-0.15, -0.1) is 0 Å². The molecular weight excluding hydrogens is 258 g/mol. The Bertz CT molecular complexity index is 659. The summed E-state index contributed by atoms with van der Waals surface area (Å²) in [5.41, 5.74) is 0.929. The Labute approximate surface area is 116 Å².